The fourth-order valence-corrected chi connectivity index (χ4v) is 4.13. The Kier molecular flexibility index (Phi) is 6.13. The lowest BCUT2D eigenvalue weighted by atomic mass is 10.0. The Morgan fingerprint density at radius 2 is 1.93 bits per heavy atom. The molecule has 0 N–H and O–H groups in total. The van der Waals surface area contributed by atoms with Gasteiger partial charge in [0.2, 0.25) is 0 Å². The van der Waals surface area contributed by atoms with Crippen molar-refractivity contribution in [2.75, 3.05) is 0 Å². The highest BCUT2D eigenvalue weighted by molar-refractivity contribution is 7.09. The smallest absolute Gasteiger partial charge is 0.257 e. The van der Waals surface area contributed by atoms with Gasteiger partial charge in [0, 0.05) is 11.4 Å². The zero-order valence-electron chi connectivity index (χ0n) is 17.2. The van der Waals surface area contributed by atoms with Crippen LogP contribution in [0, 0.1) is 5.82 Å². The third-order valence-electron chi connectivity index (χ3n) is 5.18. The summed E-state index contributed by atoms with van der Waals surface area (Å²) in [7, 11) is 0. The van der Waals surface area contributed by atoms with Gasteiger partial charge in [0.15, 0.2) is 0 Å². The highest BCUT2D eigenvalue weighted by atomic mass is 32.1. The van der Waals surface area contributed by atoms with E-state index in [1.165, 1.54) is 23.0 Å². The maximum atomic E-state index is 14.1. The Hall–Kier alpha value is -2.73. The standard InChI is InChI=1S/C24H25FN2O2S/c1-16(2)19-7-4-6-10-22(19)29-14-23-26-17(15-30-23)13-27(18-11-12-18)24(28)20-8-3-5-9-21(20)25/h3-10,15-16,18H,11-14H2,1-2H3. The van der Waals surface area contributed by atoms with E-state index < -0.39 is 5.82 Å². The van der Waals surface area contributed by atoms with Gasteiger partial charge in [0.25, 0.3) is 5.91 Å². The van der Waals surface area contributed by atoms with Crippen molar-refractivity contribution in [2.45, 2.75) is 51.8 Å². The molecule has 1 heterocycles. The summed E-state index contributed by atoms with van der Waals surface area (Å²) in [6.07, 6.45) is 1.90. The molecule has 2 aromatic carbocycles. The Bertz CT molecular complexity index is 1030. The maximum absolute atomic E-state index is 14.1. The van der Waals surface area contributed by atoms with Gasteiger partial charge in [-0.25, -0.2) is 9.37 Å². The van der Waals surface area contributed by atoms with E-state index >= 15 is 0 Å². The molecule has 0 bridgehead atoms. The van der Waals surface area contributed by atoms with E-state index in [0.29, 0.717) is 19.1 Å². The fourth-order valence-electron chi connectivity index (χ4n) is 3.43. The van der Waals surface area contributed by atoms with E-state index in [-0.39, 0.29) is 17.5 Å². The number of carbonyl (C=O) groups is 1. The molecule has 30 heavy (non-hydrogen) atoms. The molecule has 0 saturated heterocycles. The monoisotopic (exact) mass is 424 g/mol. The average Bonchev–Trinajstić information content (AvgIpc) is 3.49. The molecule has 1 aliphatic rings. The summed E-state index contributed by atoms with van der Waals surface area (Å²) in [5.41, 5.74) is 2.10. The summed E-state index contributed by atoms with van der Waals surface area (Å²) < 4.78 is 20.1. The van der Waals surface area contributed by atoms with Gasteiger partial charge in [-0.3, -0.25) is 4.79 Å². The predicted octanol–water partition coefficient (Wildman–Crippen LogP) is 5.79. The van der Waals surface area contributed by atoms with Crippen molar-refractivity contribution in [2.24, 2.45) is 0 Å². The first kappa shape index (κ1) is 20.5. The molecule has 0 spiro atoms. The Balaban J connectivity index is 1.43. The van der Waals surface area contributed by atoms with E-state index in [4.69, 9.17) is 4.74 Å². The maximum Gasteiger partial charge on any atom is 0.257 e. The number of benzene rings is 2. The van der Waals surface area contributed by atoms with E-state index in [9.17, 15) is 9.18 Å². The highest BCUT2D eigenvalue weighted by Crippen LogP contribution is 2.31. The van der Waals surface area contributed by atoms with Crippen LogP contribution in [0.2, 0.25) is 0 Å². The Labute approximate surface area is 180 Å². The van der Waals surface area contributed by atoms with Crippen molar-refractivity contribution < 1.29 is 13.9 Å². The first-order valence-electron chi connectivity index (χ1n) is 10.2. The molecule has 1 fully saturated rings. The lowest BCUT2D eigenvalue weighted by Gasteiger charge is -2.21. The van der Waals surface area contributed by atoms with Crippen molar-refractivity contribution in [3.05, 3.63) is 81.6 Å². The summed E-state index contributed by atoms with van der Waals surface area (Å²) in [5, 5.41) is 2.81. The largest absolute Gasteiger partial charge is 0.486 e. The van der Waals surface area contributed by atoms with Crippen LogP contribution in [-0.4, -0.2) is 21.8 Å². The van der Waals surface area contributed by atoms with Crippen LogP contribution in [0.3, 0.4) is 0 Å². The van der Waals surface area contributed by atoms with Gasteiger partial charge < -0.3 is 9.64 Å². The van der Waals surface area contributed by atoms with Gasteiger partial charge in [-0.05, 0) is 42.5 Å². The molecule has 6 heteroatoms. The van der Waals surface area contributed by atoms with Crippen LogP contribution < -0.4 is 4.74 Å². The number of thiazole rings is 1. The zero-order valence-corrected chi connectivity index (χ0v) is 18.0. The molecule has 0 radical (unpaired) electrons. The van der Waals surface area contributed by atoms with Gasteiger partial charge in [0.1, 0.15) is 23.2 Å². The number of nitrogens with zero attached hydrogens (tertiary/aromatic N) is 2. The highest BCUT2D eigenvalue weighted by Gasteiger charge is 2.34. The number of carbonyl (C=O) groups excluding carboxylic acids is 1. The normalized spacial score (nSPS) is 13.5. The van der Waals surface area contributed by atoms with Crippen LogP contribution in [-0.2, 0) is 13.2 Å². The number of ether oxygens (including phenoxy) is 1. The molecule has 4 rings (SSSR count). The third kappa shape index (κ3) is 4.70. The van der Waals surface area contributed by atoms with Crippen LogP contribution in [0.4, 0.5) is 4.39 Å². The van der Waals surface area contributed by atoms with Crippen LogP contribution in [0.1, 0.15) is 59.2 Å². The predicted molar refractivity (Wildman–Crippen MR) is 116 cm³/mol. The van der Waals surface area contributed by atoms with E-state index in [1.54, 1.807) is 23.1 Å². The number of hydrogen-bond donors (Lipinski definition) is 0. The van der Waals surface area contributed by atoms with E-state index in [0.717, 1.165) is 29.3 Å². The topological polar surface area (TPSA) is 42.4 Å². The van der Waals surface area contributed by atoms with Gasteiger partial charge in [-0.1, -0.05) is 44.2 Å². The number of aromatic nitrogens is 1. The number of halogens is 1. The van der Waals surface area contributed by atoms with Crippen molar-refractivity contribution in [1.29, 1.82) is 0 Å². The second-order valence-electron chi connectivity index (χ2n) is 7.86. The summed E-state index contributed by atoms with van der Waals surface area (Å²) in [6.45, 7) is 5.06. The number of rotatable bonds is 8. The minimum atomic E-state index is -0.482. The van der Waals surface area contributed by atoms with Crippen LogP contribution in [0.5, 0.6) is 5.75 Å². The first-order chi connectivity index (χ1) is 14.5. The molecule has 0 aliphatic heterocycles. The lowest BCUT2D eigenvalue weighted by Crippen LogP contribution is -2.33. The molecule has 0 atom stereocenters. The second-order valence-corrected chi connectivity index (χ2v) is 8.80. The lowest BCUT2D eigenvalue weighted by molar-refractivity contribution is 0.0723. The summed E-state index contributed by atoms with van der Waals surface area (Å²) in [4.78, 5) is 19.3. The quantitative estimate of drug-likeness (QED) is 0.460. The average molecular weight is 425 g/mol. The van der Waals surface area contributed by atoms with Gasteiger partial charge in [-0.15, -0.1) is 11.3 Å². The summed E-state index contributed by atoms with van der Waals surface area (Å²) >= 11 is 1.52. The number of para-hydroxylation sites is 1. The molecule has 4 nitrogen and oxygen atoms in total. The van der Waals surface area contributed by atoms with Gasteiger partial charge in [0.05, 0.1) is 17.8 Å². The van der Waals surface area contributed by atoms with Crippen molar-refractivity contribution >= 4 is 17.2 Å². The van der Waals surface area contributed by atoms with Gasteiger partial charge >= 0.3 is 0 Å². The molecular formula is C24H25FN2O2S. The molecule has 156 valence electrons. The first-order valence-corrected chi connectivity index (χ1v) is 11.1. The van der Waals surface area contributed by atoms with E-state index in [1.807, 2.05) is 23.6 Å². The van der Waals surface area contributed by atoms with Crippen molar-refractivity contribution in [3.63, 3.8) is 0 Å². The molecule has 1 saturated carbocycles. The fraction of sp³-hybridized carbons (Fsp3) is 0.333. The molecule has 0 unspecified atom stereocenters. The molecular weight excluding hydrogens is 399 g/mol. The van der Waals surface area contributed by atoms with Crippen molar-refractivity contribution in [1.82, 2.24) is 9.88 Å². The zero-order chi connectivity index (χ0) is 21.1. The Morgan fingerprint density at radius 3 is 2.67 bits per heavy atom. The Morgan fingerprint density at radius 1 is 1.20 bits per heavy atom. The second kappa shape index (κ2) is 8.96. The third-order valence-corrected chi connectivity index (χ3v) is 6.05. The SMILES string of the molecule is CC(C)c1ccccc1OCc1nc(CN(C(=O)c2ccccc2F)C2CC2)cs1. The van der Waals surface area contributed by atoms with Crippen LogP contribution >= 0.6 is 11.3 Å². The molecule has 1 aromatic heterocycles. The van der Waals surface area contributed by atoms with Crippen LogP contribution in [0.15, 0.2) is 53.9 Å². The minimum absolute atomic E-state index is 0.119. The summed E-state index contributed by atoms with van der Waals surface area (Å²) in [5.74, 6) is 0.500. The van der Waals surface area contributed by atoms with E-state index in [2.05, 4.69) is 24.9 Å². The van der Waals surface area contributed by atoms with Gasteiger partial charge in [-0.2, -0.15) is 0 Å². The molecule has 1 aliphatic carbocycles. The van der Waals surface area contributed by atoms with Crippen LogP contribution in [0.25, 0.3) is 0 Å². The number of amides is 1. The molecule has 3 aromatic rings. The minimum Gasteiger partial charge on any atom is -0.486 e. The summed E-state index contributed by atoms with van der Waals surface area (Å²) in [6, 6.07) is 14.4. The van der Waals surface area contributed by atoms with Crippen molar-refractivity contribution in [3.8, 4) is 5.75 Å². The molecule has 1 amide bonds. The number of hydrogen-bond acceptors (Lipinski definition) is 4.